The van der Waals surface area contributed by atoms with Gasteiger partial charge in [-0.15, -0.1) is 0 Å². The van der Waals surface area contributed by atoms with Gasteiger partial charge in [-0.25, -0.2) is 9.29 Å². The third kappa shape index (κ3) is 7.23. The SMILES string of the molecule is Nc1nc2c(ncn2[C@@H]2O[C@H](COP(=O)([O-])OP(=O)([O-])O[C@H]3O[C@H](CO)[C@@H](O)[C@H](O)[C@@H]3O)[C@@H](O)[C@H]2O)c(=O)[nH]1.[Ba+2]. The predicted octanol–water partition coefficient (Wildman–Crippen LogP) is -6.27. The van der Waals surface area contributed by atoms with Crippen molar-refractivity contribution in [2.45, 2.75) is 55.2 Å². The number of nitrogens with one attached hydrogen (secondary N) is 1. The van der Waals surface area contributed by atoms with Gasteiger partial charge in [0.15, 0.2) is 23.7 Å². The van der Waals surface area contributed by atoms with E-state index in [1.807, 2.05) is 0 Å². The fourth-order valence-corrected chi connectivity index (χ4v) is 5.92. The number of imidazole rings is 1. The second kappa shape index (κ2) is 13.1. The Morgan fingerprint density at radius 2 is 1.68 bits per heavy atom. The zero-order valence-electron chi connectivity index (χ0n) is 20.0. The van der Waals surface area contributed by atoms with Crippen LogP contribution in [0.25, 0.3) is 11.2 Å². The molecule has 2 unspecified atom stereocenters. The molecule has 24 heteroatoms. The maximum absolute atomic E-state index is 12.1. The largest absolute Gasteiger partial charge is 2.00 e. The van der Waals surface area contributed by atoms with Crippen LogP contribution in [0.1, 0.15) is 6.23 Å². The van der Waals surface area contributed by atoms with Gasteiger partial charge in [-0.1, -0.05) is 0 Å². The van der Waals surface area contributed by atoms with E-state index in [-0.39, 0.29) is 66.0 Å². The molecule has 2 aromatic heterocycles. The molecule has 220 valence electrons. The van der Waals surface area contributed by atoms with Crippen LogP contribution in [-0.2, 0) is 32.0 Å². The summed E-state index contributed by atoms with van der Waals surface area (Å²) in [5.74, 6) is -0.292. The quantitative estimate of drug-likeness (QED) is 0.0875. The van der Waals surface area contributed by atoms with Gasteiger partial charge in [-0.2, -0.15) is 4.98 Å². The Kier molecular flexibility index (Phi) is 11.2. The van der Waals surface area contributed by atoms with Crippen molar-refractivity contribution in [2.75, 3.05) is 18.9 Å². The third-order valence-electron chi connectivity index (χ3n) is 5.74. The second-order valence-electron chi connectivity index (χ2n) is 8.40. The molecule has 0 radical (unpaired) electrons. The monoisotopic (exact) mass is 741 g/mol. The Morgan fingerprint density at radius 3 is 2.33 bits per heavy atom. The number of aromatic amines is 1. The van der Waals surface area contributed by atoms with Crippen molar-refractivity contribution in [1.82, 2.24) is 19.5 Å². The molecule has 4 rings (SSSR count). The number of aliphatic hydroxyl groups excluding tert-OH is 6. The van der Waals surface area contributed by atoms with Gasteiger partial charge in [-0.3, -0.25) is 28.0 Å². The minimum absolute atomic E-state index is 0. The first-order chi connectivity index (χ1) is 18.1. The van der Waals surface area contributed by atoms with E-state index in [4.69, 9.17) is 20.3 Å². The molecular formula is C16H23BaN5O16P2. The van der Waals surface area contributed by atoms with E-state index in [1.54, 1.807) is 0 Å². The first-order valence-electron chi connectivity index (χ1n) is 10.8. The number of phosphoric ester groups is 2. The molecule has 2 aliphatic rings. The molecule has 2 fully saturated rings. The summed E-state index contributed by atoms with van der Waals surface area (Å²) in [5.41, 5.74) is 4.48. The number of nitrogen functional groups attached to an aromatic ring is 1. The maximum Gasteiger partial charge on any atom is 2.00 e. The Labute approximate surface area is 262 Å². The zero-order valence-corrected chi connectivity index (χ0v) is 26.2. The minimum atomic E-state index is -5.91. The Bertz CT molecular complexity index is 1340. The predicted molar refractivity (Wildman–Crippen MR) is 121 cm³/mol. The summed E-state index contributed by atoms with van der Waals surface area (Å²) in [4.78, 5) is 46.1. The Hall–Kier alpha value is -0.339. The van der Waals surface area contributed by atoms with Crippen LogP contribution in [0.5, 0.6) is 0 Å². The Balaban J connectivity index is 0.00000441. The van der Waals surface area contributed by atoms with Crippen molar-refractivity contribution < 1.29 is 72.4 Å². The van der Waals surface area contributed by atoms with E-state index in [1.165, 1.54) is 0 Å². The molecule has 2 saturated heterocycles. The molecule has 40 heavy (non-hydrogen) atoms. The van der Waals surface area contributed by atoms with Crippen molar-refractivity contribution in [3.63, 3.8) is 0 Å². The number of anilines is 1. The minimum Gasteiger partial charge on any atom is -0.756 e. The number of H-pyrrole nitrogens is 1. The van der Waals surface area contributed by atoms with E-state index in [0.717, 1.165) is 10.9 Å². The van der Waals surface area contributed by atoms with Gasteiger partial charge in [0.05, 0.1) is 19.5 Å². The van der Waals surface area contributed by atoms with E-state index >= 15 is 0 Å². The van der Waals surface area contributed by atoms with Crippen LogP contribution >= 0.6 is 15.6 Å². The molecule has 11 atom stereocenters. The van der Waals surface area contributed by atoms with Gasteiger partial charge < -0.3 is 60.2 Å². The molecule has 2 aliphatic heterocycles. The molecule has 4 heterocycles. The summed E-state index contributed by atoms with van der Waals surface area (Å²) < 4.78 is 48.1. The van der Waals surface area contributed by atoms with Gasteiger partial charge >= 0.3 is 48.9 Å². The van der Waals surface area contributed by atoms with Crippen molar-refractivity contribution in [1.29, 1.82) is 0 Å². The molecule has 0 spiro atoms. The molecule has 0 bridgehead atoms. The van der Waals surface area contributed by atoms with Crippen LogP contribution in [0.2, 0.25) is 0 Å². The van der Waals surface area contributed by atoms with Crippen molar-refractivity contribution >= 4 is 81.6 Å². The zero-order chi connectivity index (χ0) is 28.9. The van der Waals surface area contributed by atoms with Crippen LogP contribution < -0.4 is 21.1 Å². The van der Waals surface area contributed by atoms with E-state index in [2.05, 4.69) is 28.3 Å². The van der Waals surface area contributed by atoms with E-state index in [9.17, 15) is 49.2 Å². The van der Waals surface area contributed by atoms with Gasteiger partial charge in [0.2, 0.25) is 5.95 Å². The number of phosphoric acid groups is 2. The van der Waals surface area contributed by atoms with Gasteiger partial charge in [0.25, 0.3) is 21.2 Å². The van der Waals surface area contributed by atoms with Crippen LogP contribution in [0.4, 0.5) is 5.95 Å². The normalized spacial score (nSPS) is 35.6. The van der Waals surface area contributed by atoms with Crippen molar-refractivity contribution in [3.05, 3.63) is 16.7 Å². The summed E-state index contributed by atoms with van der Waals surface area (Å²) in [6.45, 7) is -2.01. The number of aromatic nitrogens is 4. The fourth-order valence-electron chi connectivity index (χ4n) is 3.84. The van der Waals surface area contributed by atoms with E-state index in [0.29, 0.717) is 0 Å². The number of hydrogen-bond donors (Lipinski definition) is 8. The smallest absolute Gasteiger partial charge is 0.756 e. The van der Waals surface area contributed by atoms with E-state index < -0.39 is 89.7 Å². The third-order valence-corrected chi connectivity index (χ3v) is 8.27. The second-order valence-corrected chi connectivity index (χ2v) is 11.3. The van der Waals surface area contributed by atoms with Crippen LogP contribution in [0, 0.1) is 0 Å². The van der Waals surface area contributed by atoms with Gasteiger partial charge in [0, 0.05) is 0 Å². The number of ether oxygens (including phenoxy) is 2. The first-order valence-corrected chi connectivity index (χ1v) is 13.8. The van der Waals surface area contributed by atoms with Crippen LogP contribution in [0.3, 0.4) is 0 Å². The average molecular weight is 741 g/mol. The molecule has 2 aromatic rings. The fraction of sp³-hybridized carbons (Fsp3) is 0.688. The molecule has 9 N–H and O–H groups in total. The van der Waals surface area contributed by atoms with Gasteiger partial charge in [0.1, 0.15) is 42.7 Å². The molecule has 0 saturated carbocycles. The number of aliphatic hydroxyl groups is 6. The molecule has 0 aromatic carbocycles. The average Bonchev–Trinajstić information content (AvgIpc) is 3.38. The van der Waals surface area contributed by atoms with Crippen LogP contribution in [-0.4, -0.2) is 161 Å². The standard InChI is InChI=1S/C16H25N5O16P2.Ba/c17-16-19-12-6(13(28)20-16)18-3-21(12)14-10(26)8(24)5(34-14)2-33-38(29,30)37-39(31,32)36-15-11(27)9(25)7(23)4(1-22)35-15;/h3-5,7-11,14-15,22-27H,1-2H2,(H,29,30)(H,31,32)(H3,17,19,20,28);/q;+2/p-2/t4-,5-,7-,8-,9+,10-,11+,14-,15-;/m1./s1. The summed E-state index contributed by atoms with van der Waals surface area (Å²) in [7, 11) is -11.7. The summed E-state index contributed by atoms with van der Waals surface area (Å²) in [6, 6.07) is 0. The van der Waals surface area contributed by atoms with Crippen molar-refractivity contribution in [2.24, 2.45) is 0 Å². The molecule has 0 aliphatic carbocycles. The van der Waals surface area contributed by atoms with Gasteiger partial charge in [-0.05, 0) is 0 Å². The Morgan fingerprint density at radius 1 is 1.02 bits per heavy atom. The van der Waals surface area contributed by atoms with Crippen molar-refractivity contribution in [3.8, 4) is 0 Å². The molecule has 21 nitrogen and oxygen atoms in total. The maximum atomic E-state index is 12.1. The summed E-state index contributed by atoms with van der Waals surface area (Å²) >= 11 is 0. The first kappa shape index (κ1) is 34.2. The topological polar surface area (TPSA) is 337 Å². The molecular weight excluding hydrogens is 717 g/mol. The number of nitrogens with two attached hydrogens (primary N) is 1. The summed E-state index contributed by atoms with van der Waals surface area (Å²) in [5, 5.41) is 59.1. The van der Waals surface area contributed by atoms with Crippen LogP contribution in [0.15, 0.2) is 11.1 Å². The number of nitrogens with zero attached hydrogens (tertiary/aromatic N) is 3. The number of rotatable bonds is 9. The number of fused-ring (bicyclic) bond motifs is 1. The molecule has 0 amide bonds. The summed E-state index contributed by atoms with van der Waals surface area (Å²) in [6.07, 6.45) is -15.5. The number of hydrogen-bond acceptors (Lipinski definition) is 19.